The van der Waals surface area contributed by atoms with Crippen molar-refractivity contribution in [2.45, 2.75) is 19.4 Å². The van der Waals surface area contributed by atoms with Gasteiger partial charge in [0.25, 0.3) is 0 Å². The summed E-state index contributed by atoms with van der Waals surface area (Å²) in [6, 6.07) is 15.5. The van der Waals surface area contributed by atoms with Gasteiger partial charge in [-0.05, 0) is 55.8 Å². The summed E-state index contributed by atoms with van der Waals surface area (Å²) in [5.41, 5.74) is 2.87. The molecule has 2 N–H and O–H groups in total. The summed E-state index contributed by atoms with van der Waals surface area (Å²) < 4.78 is 0. The molecule has 1 heterocycles. The summed E-state index contributed by atoms with van der Waals surface area (Å²) in [6.07, 6.45) is 2.37. The highest BCUT2D eigenvalue weighted by Gasteiger charge is 2.15. The second kappa shape index (κ2) is 8.18. The minimum Gasteiger partial charge on any atom is -0.379 e. The van der Waals surface area contributed by atoms with Gasteiger partial charge in [-0.3, -0.25) is 9.69 Å². The van der Waals surface area contributed by atoms with E-state index in [1.54, 1.807) is 0 Å². The number of carbonyl (C=O) groups excluding carboxylic acids is 1. The van der Waals surface area contributed by atoms with Gasteiger partial charge in [-0.15, -0.1) is 0 Å². The molecule has 0 radical (unpaired) electrons. The van der Waals surface area contributed by atoms with E-state index in [0.29, 0.717) is 13.1 Å². The van der Waals surface area contributed by atoms with E-state index < -0.39 is 0 Å². The Bertz CT molecular complexity index is 681. The SMILES string of the molecule is O=C(CN1CCCC1)Nc1ccccc1NCc1ccc(Cl)cc1. The zero-order chi connectivity index (χ0) is 16.8. The molecule has 0 saturated carbocycles. The number of likely N-dealkylation sites (tertiary alicyclic amines) is 1. The third-order valence-electron chi connectivity index (χ3n) is 4.16. The molecule has 0 unspecified atom stereocenters. The number of carbonyl (C=O) groups is 1. The molecule has 2 aromatic carbocycles. The number of rotatable bonds is 6. The summed E-state index contributed by atoms with van der Waals surface area (Å²) in [4.78, 5) is 14.4. The highest BCUT2D eigenvalue weighted by Crippen LogP contribution is 2.22. The van der Waals surface area contributed by atoms with Gasteiger partial charge in [-0.2, -0.15) is 0 Å². The molecule has 126 valence electrons. The van der Waals surface area contributed by atoms with Crippen molar-refractivity contribution in [3.8, 4) is 0 Å². The van der Waals surface area contributed by atoms with Gasteiger partial charge >= 0.3 is 0 Å². The average Bonchev–Trinajstić information content (AvgIpc) is 3.08. The number of anilines is 2. The summed E-state index contributed by atoms with van der Waals surface area (Å²) in [5.74, 6) is 0.0395. The Kier molecular flexibility index (Phi) is 5.72. The van der Waals surface area contributed by atoms with Gasteiger partial charge in [0.15, 0.2) is 0 Å². The van der Waals surface area contributed by atoms with Crippen LogP contribution < -0.4 is 10.6 Å². The van der Waals surface area contributed by atoms with Gasteiger partial charge in [0.2, 0.25) is 5.91 Å². The molecule has 0 aromatic heterocycles. The number of halogens is 1. The summed E-state index contributed by atoms with van der Waals surface area (Å²) >= 11 is 5.91. The van der Waals surface area contributed by atoms with Crippen LogP contribution in [0.25, 0.3) is 0 Å². The maximum atomic E-state index is 12.2. The standard InChI is InChI=1S/C19H22ClN3O/c20-16-9-7-15(8-10-16)13-21-17-5-1-2-6-18(17)22-19(24)14-23-11-3-4-12-23/h1-2,5-10,21H,3-4,11-14H2,(H,22,24). The highest BCUT2D eigenvalue weighted by molar-refractivity contribution is 6.30. The first-order valence-electron chi connectivity index (χ1n) is 8.30. The van der Waals surface area contributed by atoms with E-state index in [1.807, 2.05) is 48.5 Å². The van der Waals surface area contributed by atoms with Crippen molar-refractivity contribution in [2.24, 2.45) is 0 Å². The monoisotopic (exact) mass is 343 g/mol. The van der Waals surface area contributed by atoms with E-state index >= 15 is 0 Å². The van der Waals surface area contributed by atoms with Crippen LogP contribution in [-0.4, -0.2) is 30.4 Å². The highest BCUT2D eigenvalue weighted by atomic mass is 35.5. The van der Waals surface area contributed by atoms with E-state index in [4.69, 9.17) is 11.6 Å². The van der Waals surface area contributed by atoms with E-state index in [1.165, 1.54) is 12.8 Å². The average molecular weight is 344 g/mol. The van der Waals surface area contributed by atoms with Gasteiger partial charge in [0.1, 0.15) is 0 Å². The van der Waals surface area contributed by atoms with Crippen molar-refractivity contribution in [3.63, 3.8) is 0 Å². The molecule has 4 nitrogen and oxygen atoms in total. The second-order valence-electron chi connectivity index (χ2n) is 6.06. The van der Waals surface area contributed by atoms with Crippen LogP contribution in [-0.2, 0) is 11.3 Å². The molecule has 0 bridgehead atoms. The lowest BCUT2D eigenvalue weighted by atomic mass is 10.2. The molecular formula is C19H22ClN3O. The van der Waals surface area contributed by atoms with E-state index in [2.05, 4.69) is 15.5 Å². The Morgan fingerprint density at radius 3 is 2.38 bits per heavy atom. The Morgan fingerprint density at radius 1 is 1.00 bits per heavy atom. The molecule has 1 aliphatic rings. The summed E-state index contributed by atoms with van der Waals surface area (Å²) in [5, 5.41) is 7.13. The Hall–Kier alpha value is -2.04. The lowest BCUT2D eigenvalue weighted by Crippen LogP contribution is -2.31. The van der Waals surface area contributed by atoms with Crippen molar-refractivity contribution in [3.05, 3.63) is 59.1 Å². The maximum Gasteiger partial charge on any atom is 0.238 e. The molecule has 0 spiro atoms. The molecule has 5 heteroatoms. The van der Waals surface area contributed by atoms with E-state index in [0.717, 1.165) is 35.1 Å². The number of nitrogens with zero attached hydrogens (tertiary/aromatic N) is 1. The van der Waals surface area contributed by atoms with E-state index in [9.17, 15) is 4.79 Å². The Labute approximate surface area is 147 Å². The summed E-state index contributed by atoms with van der Waals surface area (Å²) in [7, 11) is 0. The first-order chi connectivity index (χ1) is 11.7. The van der Waals surface area contributed by atoms with Crippen LogP contribution in [0.5, 0.6) is 0 Å². The minimum absolute atomic E-state index is 0.0395. The first-order valence-corrected chi connectivity index (χ1v) is 8.68. The number of amides is 1. The zero-order valence-electron chi connectivity index (χ0n) is 13.6. The quantitative estimate of drug-likeness (QED) is 0.833. The van der Waals surface area contributed by atoms with Crippen LogP contribution in [0.15, 0.2) is 48.5 Å². The fraction of sp³-hybridized carbons (Fsp3) is 0.316. The molecule has 1 saturated heterocycles. The van der Waals surface area contributed by atoms with Gasteiger partial charge in [0.05, 0.1) is 17.9 Å². The lowest BCUT2D eigenvalue weighted by molar-refractivity contribution is -0.117. The van der Waals surface area contributed by atoms with Crippen LogP contribution in [0.1, 0.15) is 18.4 Å². The fourth-order valence-electron chi connectivity index (χ4n) is 2.88. The van der Waals surface area contributed by atoms with Crippen molar-refractivity contribution in [1.29, 1.82) is 0 Å². The van der Waals surface area contributed by atoms with Gasteiger partial charge in [-0.25, -0.2) is 0 Å². The number of para-hydroxylation sites is 2. The van der Waals surface area contributed by atoms with Crippen molar-refractivity contribution in [1.82, 2.24) is 4.90 Å². The van der Waals surface area contributed by atoms with Crippen LogP contribution in [0.2, 0.25) is 5.02 Å². The third kappa shape index (κ3) is 4.73. The smallest absolute Gasteiger partial charge is 0.238 e. The molecule has 0 aliphatic carbocycles. The molecule has 1 fully saturated rings. The Balaban J connectivity index is 1.59. The van der Waals surface area contributed by atoms with Crippen LogP contribution in [0.4, 0.5) is 11.4 Å². The zero-order valence-corrected chi connectivity index (χ0v) is 14.4. The van der Waals surface area contributed by atoms with Crippen LogP contribution >= 0.6 is 11.6 Å². The first kappa shape index (κ1) is 16.8. The molecule has 3 rings (SSSR count). The Morgan fingerprint density at radius 2 is 1.67 bits per heavy atom. The number of hydrogen-bond donors (Lipinski definition) is 2. The third-order valence-corrected chi connectivity index (χ3v) is 4.42. The fourth-order valence-corrected chi connectivity index (χ4v) is 3.01. The second-order valence-corrected chi connectivity index (χ2v) is 6.49. The summed E-state index contributed by atoms with van der Waals surface area (Å²) in [6.45, 7) is 3.18. The maximum absolute atomic E-state index is 12.2. The molecule has 1 aliphatic heterocycles. The largest absolute Gasteiger partial charge is 0.379 e. The van der Waals surface area contributed by atoms with E-state index in [-0.39, 0.29) is 5.91 Å². The van der Waals surface area contributed by atoms with Crippen molar-refractivity contribution < 1.29 is 4.79 Å². The molecule has 0 atom stereocenters. The van der Waals surface area contributed by atoms with Gasteiger partial charge < -0.3 is 10.6 Å². The molecule has 2 aromatic rings. The van der Waals surface area contributed by atoms with Gasteiger partial charge in [0, 0.05) is 11.6 Å². The normalized spacial score (nSPS) is 14.5. The lowest BCUT2D eigenvalue weighted by Gasteiger charge is -2.16. The topological polar surface area (TPSA) is 44.4 Å². The van der Waals surface area contributed by atoms with Gasteiger partial charge in [-0.1, -0.05) is 35.9 Å². The van der Waals surface area contributed by atoms with Crippen molar-refractivity contribution in [2.75, 3.05) is 30.3 Å². The number of nitrogens with one attached hydrogen (secondary N) is 2. The number of benzene rings is 2. The van der Waals surface area contributed by atoms with Crippen LogP contribution in [0, 0.1) is 0 Å². The molecule has 1 amide bonds. The molecule has 24 heavy (non-hydrogen) atoms. The predicted molar refractivity (Wildman–Crippen MR) is 99.5 cm³/mol. The van der Waals surface area contributed by atoms with Crippen LogP contribution in [0.3, 0.4) is 0 Å². The van der Waals surface area contributed by atoms with Crippen molar-refractivity contribution >= 4 is 28.9 Å². The number of hydrogen-bond acceptors (Lipinski definition) is 3. The minimum atomic E-state index is 0.0395. The predicted octanol–water partition coefficient (Wildman–Crippen LogP) is 3.99. The molecular weight excluding hydrogens is 322 g/mol.